The summed E-state index contributed by atoms with van der Waals surface area (Å²) in [5.41, 5.74) is 0. The fourth-order valence-electron chi connectivity index (χ4n) is 3.74. The first kappa shape index (κ1) is 50.1. The van der Waals surface area contributed by atoms with Crippen molar-refractivity contribution in [3.8, 4) is 23.0 Å². The van der Waals surface area contributed by atoms with E-state index >= 15 is 0 Å². The zero-order valence-electron chi connectivity index (χ0n) is 28.0. The molecule has 8 nitrogen and oxygen atoms in total. The number of benzene rings is 4. The smallest absolute Gasteiger partial charge is 0.335 e. The molecule has 0 N–H and O–H groups in total. The molecule has 0 bridgehead atoms. The highest BCUT2D eigenvalue weighted by Gasteiger charge is 2.15. The monoisotopic (exact) mass is 704 g/mol. The highest BCUT2D eigenvalue weighted by atomic mass is 16.5. The number of hydrogen-bond donors (Lipinski definition) is 0. The van der Waals surface area contributed by atoms with Crippen LogP contribution in [0.5, 0.6) is 23.0 Å². The molecule has 0 radical (unpaired) electrons. The maximum absolute atomic E-state index is 11.9. The Kier molecular flexibility index (Phi) is 25.3. The highest BCUT2D eigenvalue weighted by molar-refractivity contribution is 5.90. The van der Waals surface area contributed by atoms with Crippen LogP contribution in [0.25, 0.3) is 21.5 Å². The number of ether oxygens (including phenoxy) is 4. The van der Waals surface area contributed by atoms with Crippen molar-refractivity contribution in [2.24, 2.45) is 11.8 Å². The van der Waals surface area contributed by atoms with Crippen LogP contribution in [0.1, 0.15) is 90.5 Å². The van der Waals surface area contributed by atoms with Crippen LogP contribution in [0, 0.1) is 11.8 Å². The molecule has 280 valence electrons. The molecule has 0 heterocycles. The van der Waals surface area contributed by atoms with Crippen molar-refractivity contribution < 1.29 is 38.1 Å². The van der Waals surface area contributed by atoms with E-state index in [1.807, 2.05) is 52.0 Å². The van der Waals surface area contributed by atoms with E-state index in [0.717, 1.165) is 46.5 Å². The Morgan fingerprint density at radius 1 is 0.510 bits per heavy atom. The minimum atomic E-state index is -0.513. The molecular weight excluding hydrogens is 644 g/mol. The van der Waals surface area contributed by atoms with Gasteiger partial charge in [-0.05, 0) is 82.9 Å². The molecule has 0 aromatic heterocycles. The lowest BCUT2D eigenvalue weighted by atomic mass is 10.1. The van der Waals surface area contributed by atoms with Gasteiger partial charge >= 0.3 is 23.9 Å². The van der Waals surface area contributed by atoms with E-state index in [0.29, 0.717) is 23.0 Å². The summed E-state index contributed by atoms with van der Waals surface area (Å²) in [4.78, 5) is 46.0. The highest BCUT2D eigenvalue weighted by Crippen LogP contribution is 2.27. The number of carbonyl (C=O) groups is 4. The molecule has 0 saturated heterocycles. The van der Waals surface area contributed by atoms with Crippen molar-refractivity contribution in [3.63, 3.8) is 0 Å². The lowest BCUT2D eigenvalue weighted by molar-refractivity contribution is -0.139. The first-order valence-corrected chi connectivity index (χ1v) is 15.7. The largest absolute Gasteiger partial charge is 0.426 e. The second kappa shape index (κ2) is 25.7. The molecule has 0 aliphatic carbocycles. The lowest BCUT2D eigenvalue weighted by Gasteiger charge is -2.11. The van der Waals surface area contributed by atoms with Gasteiger partial charge in [-0.1, -0.05) is 115 Å². The lowest BCUT2D eigenvalue weighted by Crippen LogP contribution is -2.17. The van der Waals surface area contributed by atoms with Gasteiger partial charge in [0.15, 0.2) is 0 Å². The standard InChI is InChI=1S/C20H24O4.C16H12O4.C3H8.4CH4/c1-5-13(3)19(21)23-17-9-7-16-12-18(10-8-15(16)11-17)24-20(22)14(4)6-2;1-3-15(17)19-13-7-5-12-10-14(20-16(18)4-2)8-6-11(12)9-13;1-3-2;;;;/h7-14H,5-6H2,1-4H3;3-10H,1-2H2;3H2,1-2H3;4*1H4. The van der Waals surface area contributed by atoms with Gasteiger partial charge < -0.3 is 18.9 Å². The van der Waals surface area contributed by atoms with Crippen LogP contribution in [0.3, 0.4) is 0 Å². The summed E-state index contributed by atoms with van der Waals surface area (Å²) in [6, 6.07) is 21.1. The van der Waals surface area contributed by atoms with Gasteiger partial charge in [0.25, 0.3) is 0 Å². The molecule has 2 unspecified atom stereocenters. The van der Waals surface area contributed by atoms with Crippen molar-refractivity contribution >= 4 is 45.4 Å². The van der Waals surface area contributed by atoms with Crippen LogP contribution in [-0.2, 0) is 19.2 Å². The third kappa shape index (κ3) is 16.3. The molecule has 0 fully saturated rings. The van der Waals surface area contributed by atoms with Gasteiger partial charge in [-0.25, -0.2) is 9.59 Å². The molecular formula is C43H60O8. The fraction of sp³-hybridized carbons (Fsp3) is 0.349. The minimum Gasteiger partial charge on any atom is -0.426 e. The van der Waals surface area contributed by atoms with Gasteiger partial charge in [0.2, 0.25) is 0 Å². The molecule has 0 aliphatic heterocycles. The predicted molar refractivity (Wildman–Crippen MR) is 213 cm³/mol. The Morgan fingerprint density at radius 2 is 0.745 bits per heavy atom. The maximum Gasteiger partial charge on any atom is 0.335 e. The number of fused-ring (bicyclic) bond motifs is 2. The maximum atomic E-state index is 11.9. The number of hydrogen-bond acceptors (Lipinski definition) is 8. The number of rotatable bonds is 10. The van der Waals surface area contributed by atoms with Gasteiger partial charge in [-0.3, -0.25) is 9.59 Å². The molecule has 4 aromatic carbocycles. The molecule has 2 atom stereocenters. The average molecular weight is 705 g/mol. The van der Waals surface area contributed by atoms with Crippen LogP contribution in [0.15, 0.2) is 98.1 Å². The topological polar surface area (TPSA) is 105 Å². The minimum absolute atomic E-state index is 0. The summed E-state index contributed by atoms with van der Waals surface area (Å²) in [7, 11) is 0. The third-order valence-corrected chi connectivity index (χ3v) is 6.80. The Labute approximate surface area is 306 Å². The zero-order chi connectivity index (χ0) is 34.9. The Hall–Kier alpha value is -5.24. The van der Waals surface area contributed by atoms with Gasteiger partial charge in [0.1, 0.15) is 23.0 Å². The Balaban J connectivity index is -0.000000790. The molecule has 0 aliphatic rings. The van der Waals surface area contributed by atoms with Crippen LogP contribution in [0.2, 0.25) is 0 Å². The molecule has 8 heteroatoms. The molecule has 0 amide bonds. The van der Waals surface area contributed by atoms with E-state index in [-0.39, 0.29) is 53.5 Å². The predicted octanol–water partition coefficient (Wildman–Crippen LogP) is 11.7. The second-order valence-electron chi connectivity index (χ2n) is 10.8. The second-order valence-corrected chi connectivity index (χ2v) is 10.8. The number of esters is 4. The van der Waals surface area contributed by atoms with Crippen molar-refractivity contribution in [1.82, 2.24) is 0 Å². The van der Waals surface area contributed by atoms with E-state index in [1.165, 1.54) is 6.42 Å². The van der Waals surface area contributed by atoms with Gasteiger partial charge in [0, 0.05) is 12.2 Å². The van der Waals surface area contributed by atoms with Crippen molar-refractivity contribution in [2.75, 3.05) is 0 Å². The summed E-state index contributed by atoms with van der Waals surface area (Å²) in [6.07, 6.45) is 4.94. The van der Waals surface area contributed by atoms with Gasteiger partial charge in [-0.2, -0.15) is 0 Å². The molecule has 4 rings (SSSR count). The quantitative estimate of drug-likeness (QED) is 0.0912. The average Bonchev–Trinajstić information content (AvgIpc) is 3.07. The van der Waals surface area contributed by atoms with E-state index in [4.69, 9.17) is 18.9 Å². The van der Waals surface area contributed by atoms with Gasteiger partial charge in [0.05, 0.1) is 11.8 Å². The van der Waals surface area contributed by atoms with Crippen LogP contribution >= 0.6 is 0 Å². The van der Waals surface area contributed by atoms with Crippen LogP contribution in [-0.4, -0.2) is 23.9 Å². The summed E-state index contributed by atoms with van der Waals surface area (Å²) in [5.74, 6) is 0.186. The summed E-state index contributed by atoms with van der Waals surface area (Å²) < 4.78 is 20.8. The van der Waals surface area contributed by atoms with E-state index in [2.05, 4.69) is 27.0 Å². The molecule has 0 saturated carbocycles. The Morgan fingerprint density at radius 3 is 0.961 bits per heavy atom. The molecule has 51 heavy (non-hydrogen) atoms. The first-order chi connectivity index (χ1) is 22.5. The Bertz CT molecular complexity index is 1580. The number of carbonyl (C=O) groups excluding carboxylic acids is 4. The third-order valence-electron chi connectivity index (χ3n) is 6.80. The molecule has 4 aromatic rings. The van der Waals surface area contributed by atoms with Gasteiger partial charge in [-0.15, -0.1) is 0 Å². The van der Waals surface area contributed by atoms with Crippen LogP contribution < -0.4 is 18.9 Å². The normalized spacial score (nSPS) is 10.5. The first-order valence-electron chi connectivity index (χ1n) is 15.7. The SMILES string of the molecule is C.C.C.C.C=CC(=O)Oc1ccc2cc(OC(=O)C=C)ccc2c1.CCC.CCC(C)C(=O)Oc1ccc2cc(OC(=O)C(C)CC)ccc2c1. The summed E-state index contributed by atoms with van der Waals surface area (Å²) in [6.45, 7) is 18.5. The van der Waals surface area contributed by atoms with Crippen LogP contribution in [0.4, 0.5) is 0 Å². The van der Waals surface area contributed by atoms with Crippen molar-refractivity contribution in [3.05, 3.63) is 98.1 Å². The van der Waals surface area contributed by atoms with E-state index < -0.39 is 11.9 Å². The summed E-state index contributed by atoms with van der Waals surface area (Å²) >= 11 is 0. The molecule has 0 spiro atoms. The van der Waals surface area contributed by atoms with E-state index in [1.54, 1.807) is 48.5 Å². The van der Waals surface area contributed by atoms with Crippen molar-refractivity contribution in [2.45, 2.75) is 90.5 Å². The van der Waals surface area contributed by atoms with Crippen molar-refractivity contribution in [1.29, 1.82) is 0 Å². The van der Waals surface area contributed by atoms with E-state index in [9.17, 15) is 19.2 Å². The zero-order valence-corrected chi connectivity index (χ0v) is 28.0. The summed E-state index contributed by atoms with van der Waals surface area (Å²) in [5, 5.41) is 3.57. The fourth-order valence-corrected chi connectivity index (χ4v) is 3.74.